The monoisotopic (exact) mass is 371 g/mol. The van der Waals surface area contributed by atoms with Crippen LogP contribution in [0.1, 0.15) is 0 Å². The second-order valence-electron chi connectivity index (χ2n) is 5.24. The Bertz CT molecular complexity index is 827. The predicted octanol–water partition coefficient (Wildman–Crippen LogP) is 3.13. The van der Waals surface area contributed by atoms with E-state index in [9.17, 15) is 4.79 Å². The first-order chi connectivity index (χ1) is 12.6. The molecule has 1 aromatic heterocycles. The third-order valence-corrected chi connectivity index (χ3v) is 4.40. The smallest absolute Gasteiger partial charge is 0.313 e. The molecule has 1 N–H and O–H groups in total. The second kappa shape index (κ2) is 7.92. The van der Waals surface area contributed by atoms with Gasteiger partial charge in [-0.05, 0) is 48.5 Å². The average molecular weight is 371 g/mol. The minimum Gasteiger partial charge on any atom is -0.497 e. The summed E-state index contributed by atoms with van der Waals surface area (Å²) in [5, 5.41) is 13.7. The molecule has 0 unspecified atom stereocenters. The van der Waals surface area contributed by atoms with Crippen LogP contribution in [0, 0.1) is 0 Å². The maximum absolute atomic E-state index is 10.8. The Morgan fingerprint density at radius 3 is 2.15 bits per heavy atom. The molecule has 0 saturated carbocycles. The number of carbonyl (C=O) groups is 1. The zero-order valence-electron chi connectivity index (χ0n) is 14.2. The van der Waals surface area contributed by atoms with Crippen molar-refractivity contribution in [3.63, 3.8) is 0 Å². The second-order valence-corrected chi connectivity index (χ2v) is 6.18. The van der Waals surface area contributed by atoms with Crippen LogP contribution < -0.4 is 9.47 Å². The number of thioether (sulfide) groups is 1. The molecule has 7 nitrogen and oxygen atoms in total. The zero-order chi connectivity index (χ0) is 18.5. The number of aromatic nitrogens is 3. The molecule has 8 heteroatoms. The van der Waals surface area contributed by atoms with E-state index in [1.54, 1.807) is 18.9 Å². The summed E-state index contributed by atoms with van der Waals surface area (Å²) in [6.45, 7) is 0. The van der Waals surface area contributed by atoms with Crippen LogP contribution in [0.3, 0.4) is 0 Å². The number of methoxy groups -OCH3 is 2. The lowest BCUT2D eigenvalue weighted by atomic mass is 10.2. The van der Waals surface area contributed by atoms with Crippen LogP contribution in [-0.2, 0) is 4.79 Å². The summed E-state index contributed by atoms with van der Waals surface area (Å²) in [7, 11) is 3.21. The summed E-state index contributed by atoms with van der Waals surface area (Å²) < 4.78 is 12.1. The summed E-state index contributed by atoms with van der Waals surface area (Å²) >= 11 is 1.08. The number of carboxylic acids is 1. The molecule has 0 bridgehead atoms. The maximum atomic E-state index is 10.8. The first-order valence-electron chi connectivity index (χ1n) is 7.71. The Balaban J connectivity index is 2.02. The maximum Gasteiger partial charge on any atom is 0.313 e. The number of hydrogen-bond donors (Lipinski definition) is 1. The van der Waals surface area contributed by atoms with Gasteiger partial charge < -0.3 is 14.6 Å². The van der Waals surface area contributed by atoms with Gasteiger partial charge >= 0.3 is 5.97 Å². The number of nitrogens with zero attached hydrogens (tertiary/aromatic N) is 3. The summed E-state index contributed by atoms with van der Waals surface area (Å²) in [5.74, 6) is 1.08. The van der Waals surface area contributed by atoms with Crippen LogP contribution in [0.4, 0.5) is 0 Å². The molecule has 3 rings (SSSR count). The van der Waals surface area contributed by atoms with Crippen LogP contribution in [0.25, 0.3) is 17.1 Å². The van der Waals surface area contributed by atoms with Crippen molar-refractivity contribution >= 4 is 17.7 Å². The molecule has 26 heavy (non-hydrogen) atoms. The molecule has 0 aliphatic rings. The van der Waals surface area contributed by atoms with Crippen LogP contribution in [0.5, 0.6) is 11.5 Å². The fourth-order valence-corrected chi connectivity index (χ4v) is 2.85. The van der Waals surface area contributed by atoms with Gasteiger partial charge in [0, 0.05) is 5.56 Å². The normalized spacial score (nSPS) is 10.5. The minimum absolute atomic E-state index is 0.103. The Labute approximate surface area is 154 Å². The Morgan fingerprint density at radius 1 is 1.04 bits per heavy atom. The molecule has 3 aromatic rings. The highest BCUT2D eigenvalue weighted by Gasteiger charge is 2.15. The molecule has 2 aromatic carbocycles. The molecule has 0 atom stereocenters. The Kier molecular flexibility index (Phi) is 5.43. The third-order valence-electron chi connectivity index (χ3n) is 3.58. The van der Waals surface area contributed by atoms with E-state index in [4.69, 9.17) is 14.6 Å². The first kappa shape index (κ1) is 17.8. The number of rotatable bonds is 7. The number of benzene rings is 2. The molecule has 0 spiro atoms. The number of carboxylic acid groups (broad SMARTS) is 1. The Morgan fingerprint density at radius 2 is 1.62 bits per heavy atom. The fourth-order valence-electron chi connectivity index (χ4n) is 2.31. The average Bonchev–Trinajstić information content (AvgIpc) is 3.11. The number of ether oxygens (including phenoxy) is 2. The topological polar surface area (TPSA) is 86.5 Å². The van der Waals surface area contributed by atoms with Gasteiger partial charge in [-0.15, -0.1) is 5.10 Å². The third kappa shape index (κ3) is 3.97. The number of hydrogen-bond acceptors (Lipinski definition) is 6. The molecule has 0 amide bonds. The molecule has 0 aliphatic heterocycles. The number of aliphatic carboxylic acids is 1. The summed E-state index contributed by atoms with van der Waals surface area (Å²) in [6.07, 6.45) is 0. The van der Waals surface area contributed by atoms with E-state index in [2.05, 4.69) is 10.1 Å². The standard InChI is InChI=1S/C18H17N3O4S/c1-24-14-7-3-12(4-8-14)17-19-18(26-11-16(22)23)20-21(17)13-5-9-15(25-2)10-6-13/h3-10H,11H2,1-2H3,(H,22,23). The summed E-state index contributed by atoms with van der Waals surface area (Å²) in [5.41, 5.74) is 1.64. The zero-order valence-corrected chi connectivity index (χ0v) is 15.1. The van der Waals surface area contributed by atoms with Crippen LogP contribution in [0.15, 0.2) is 53.7 Å². The van der Waals surface area contributed by atoms with Gasteiger partial charge in [0.05, 0.1) is 25.7 Å². The van der Waals surface area contributed by atoms with E-state index < -0.39 is 5.97 Å². The van der Waals surface area contributed by atoms with Crippen molar-refractivity contribution in [1.29, 1.82) is 0 Å². The molecule has 0 saturated heterocycles. The van der Waals surface area contributed by atoms with Crippen molar-refractivity contribution in [2.45, 2.75) is 5.16 Å². The van der Waals surface area contributed by atoms with Crippen molar-refractivity contribution in [2.75, 3.05) is 20.0 Å². The van der Waals surface area contributed by atoms with Gasteiger partial charge in [-0.25, -0.2) is 9.67 Å². The molecular formula is C18H17N3O4S. The van der Waals surface area contributed by atoms with Gasteiger partial charge in [0.2, 0.25) is 5.16 Å². The van der Waals surface area contributed by atoms with E-state index >= 15 is 0 Å². The van der Waals surface area contributed by atoms with Gasteiger partial charge in [-0.1, -0.05) is 11.8 Å². The lowest BCUT2D eigenvalue weighted by Crippen LogP contribution is -2.00. The van der Waals surface area contributed by atoms with Crippen LogP contribution >= 0.6 is 11.8 Å². The van der Waals surface area contributed by atoms with Crippen molar-refractivity contribution in [3.8, 4) is 28.6 Å². The molecule has 1 heterocycles. The SMILES string of the molecule is COc1ccc(-c2nc(SCC(=O)O)nn2-c2ccc(OC)cc2)cc1. The van der Waals surface area contributed by atoms with Crippen molar-refractivity contribution < 1.29 is 19.4 Å². The van der Waals surface area contributed by atoms with E-state index in [1.165, 1.54) is 0 Å². The van der Waals surface area contributed by atoms with Gasteiger partial charge in [-0.2, -0.15) is 0 Å². The van der Waals surface area contributed by atoms with Gasteiger partial charge in [0.1, 0.15) is 11.5 Å². The highest BCUT2D eigenvalue weighted by Crippen LogP contribution is 2.27. The molecular weight excluding hydrogens is 354 g/mol. The molecule has 134 valence electrons. The molecule has 0 aliphatic carbocycles. The van der Waals surface area contributed by atoms with Crippen LogP contribution in [-0.4, -0.2) is 45.8 Å². The van der Waals surface area contributed by atoms with Gasteiger partial charge in [0.25, 0.3) is 0 Å². The first-order valence-corrected chi connectivity index (χ1v) is 8.70. The van der Waals surface area contributed by atoms with E-state index in [1.807, 2.05) is 48.5 Å². The predicted molar refractivity (Wildman–Crippen MR) is 98.3 cm³/mol. The van der Waals surface area contributed by atoms with Crippen molar-refractivity contribution in [3.05, 3.63) is 48.5 Å². The Hall–Kier alpha value is -3.00. The summed E-state index contributed by atoms with van der Waals surface area (Å²) in [6, 6.07) is 14.8. The van der Waals surface area contributed by atoms with Crippen molar-refractivity contribution in [1.82, 2.24) is 14.8 Å². The van der Waals surface area contributed by atoms with Crippen molar-refractivity contribution in [2.24, 2.45) is 0 Å². The van der Waals surface area contributed by atoms with Gasteiger partial charge in [-0.3, -0.25) is 4.79 Å². The summed E-state index contributed by atoms with van der Waals surface area (Å²) in [4.78, 5) is 15.3. The highest BCUT2D eigenvalue weighted by molar-refractivity contribution is 7.99. The quantitative estimate of drug-likeness (QED) is 0.639. The minimum atomic E-state index is -0.915. The molecule has 0 radical (unpaired) electrons. The van der Waals surface area contributed by atoms with E-state index in [0.717, 1.165) is 34.5 Å². The van der Waals surface area contributed by atoms with E-state index in [0.29, 0.717) is 11.0 Å². The lowest BCUT2D eigenvalue weighted by molar-refractivity contribution is -0.133. The lowest BCUT2D eigenvalue weighted by Gasteiger charge is -2.07. The highest BCUT2D eigenvalue weighted by atomic mass is 32.2. The van der Waals surface area contributed by atoms with Gasteiger partial charge in [0.15, 0.2) is 5.82 Å². The molecule has 0 fully saturated rings. The van der Waals surface area contributed by atoms with E-state index in [-0.39, 0.29) is 5.75 Å². The largest absolute Gasteiger partial charge is 0.497 e. The fraction of sp³-hybridized carbons (Fsp3) is 0.167. The van der Waals surface area contributed by atoms with Crippen LogP contribution in [0.2, 0.25) is 0 Å².